The van der Waals surface area contributed by atoms with E-state index in [9.17, 15) is 10.1 Å². The Bertz CT molecular complexity index is 1000. The average molecular weight is 407 g/mol. The van der Waals surface area contributed by atoms with Gasteiger partial charge in [-0.05, 0) is 34.9 Å². The molecule has 1 amide bonds. The topological polar surface area (TPSA) is 52.9 Å². The first kappa shape index (κ1) is 19.7. The molecule has 3 aromatic carbocycles. The molecule has 3 aromatic rings. The second-order valence-corrected chi connectivity index (χ2v) is 6.89. The van der Waals surface area contributed by atoms with E-state index >= 15 is 0 Å². The third kappa shape index (κ3) is 4.80. The Hall–Kier alpha value is -3.06. The van der Waals surface area contributed by atoms with Crippen LogP contribution in [0.2, 0.25) is 10.0 Å². The molecule has 0 aromatic heterocycles. The van der Waals surface area contributed by atoms with Gasteiger partial charge in [0.05, 0.1) is 16.1 Å². The largest absolute Gasteiger partial charge is 0.340 e. The molecule has 3 rings (SSSR count). The summed E-state index contributed by atoms with van der Waals surface area (Å²) in [5.74, 6) is -0.466. The number of halogens is 2. The van der Waals surface area contributed by atoms with Gasteiger partial charge in [0.25, 0.3) is 5.91 Å². The van der Waals surface area contributed by atoms with Gasteiger partial charge in [-0.15, -0.1) is 0 Å². The molecular weight excluding hydrogens is 391 g/mol. The second-order valence-electron chi connectivity index (χ2n) is 6.07. The van der Waals surface area contributed by atoms with Gasteiger partial charge in [-0.3, -0.25) is 4.79 Å². The molecule has 3 nitrogen and oxygen atoms in total. The van der Waals surface area contributed by atoms with Crippen molar-refractivity contribution in [2.75, 3.05) is 0 Å². The van der Waals surface area contributed by atoms with Crippen LogP contribution in [0.25, 0.3) is 6.08 Å². The summed E-state index contributed by atoms with van der Waals surface area (Å²) >= 11 is 11.9. The maximum atomic E-state index is 12.8. The van der Waals surface area contributed by atoms with Gasteiger partial charge in [0.1, 0.15) is 11.6 Å². The van der Waals surface area contributed by atoms with Crippen LogP contribution < -0.4 is 5.32 Å². The quantitative estimate of drug-likeness (QED) is 0.429. The van der Waals surface area contributed by atoms with Gasteiger partial charge in [0, 0.05) is 0 Å². The average Bonchev–Trinajstić information content (AvgIpc) is 2.74. The third-order valence-corrected chi connectivity index (χ3v) is 4.90. The molecule has 0 aliphatic rings. The molecule has 0 saturated heterocycles. The van der Waals surface area contributed by atoms with Crippen molar-refractivity contribution in [3.05, 3.63) is 111 Å². The molecule has 138 valence electrons. The van der Waals surface area contributed by atoms with Gasteiger partial charge in [-0.1, -0.05) is 89.9 Å². The summed E-state index contributed by atoms with van der Waals surface area (Å²) in [4.78, 5) is 12.8. The smallest absolute Gasteiger partial charge is 0.262 e. The summed E-state index contributed by atoms with van der Waals surface area (Å²) < 4.78 is 0. The maximum absolute atomic E-state index is 12.8. The minimum atomic E-state index is -0.466. The Balaban J connectivity index is 1.91. The van der Waals surface area contributed by atoms with Crippen LogP contribution in [0.1, 0.15) is 22.7 Å². The van der Waals surface area contributed by atoms with Gasteiger partial charge >= 0.3 is 0 Å². The zero-order chi connectivity index (χ0) is 19.9. The Morgan fingerprint density at radius 2 is 1.46 bits per heavy atom. The molecule has 0 aliphatic carbocycles. The van der Waals surface area contributed by atoms with E-state index in [1.807, 2.05) is 66.7 Å². The lowest BCUT2D eigenvalue weighted by Crippen LogP contribution is -2.30. The molecule has 0 unspecified atom stereocenters. The van der Waals surface area contributed by atoms with Crippen molar-refractivity contribution in [1.29, 1.82) is 5.26 Å². The molecule has 0 heterocycles. The molecule has 5 heteroatoms. The van der Waals surface area contributed by atoms with E-state index in [-0.39, 0.29) is 11.6 Å². The number of amides is 1. The van der Waals surface area contributed by atoms with Crippen molar-refractivity contribution in [1.82, 2.24) is 5.32 Å². The van der Waals surface area contributed by atoms with E-state index in [4.69, 9.17) is 23.2 Å². The van der Waals surface area contributed by atoms with Crippen LogP contribution in [-0.2, 0) is 4.79 Å². The monoisotopic (exact) mass is 406 g/mol. The number of carbonyl (C=O) groups is 1. The number of nitriles is 1. The first-order chi connectivity index (χ1) is 13.6. The number of rotatable bonds is 5. The van der Waals surface area contributed by atoms with Crippen molar-refractivity contribution in [3.8, 4) is 6.07 Å². The van der Waals surface area contributed by atoms with E-state index in [0.717, 1.165) is 11.1 Å². The maximum Gasteiger partial charge on any atom is 0.262 e. The Morgan fingerprint density at radius 1 is 0.893 bits per heavy atom. The number of nitrogens with zero attached hydrogens (tertiary/aromatic N) is 1. The van der Waals surface area contributed by atoms with E-state index in [1.54, 1.807) is 18.2 Å². The van der Waals surface area contributed by atoms with Crippen LogP contribution in [0, 0.1) is 11.3 Å². The number of hydrogen-bond donors (Lipinski definition) is 1. The fourth-order valence-electron chi connectivity index (χ4n) is 2.78. The lowest BCUT2D eigenvalue weighted by molar-refractivity contribution is -0.117. The number of carbonyl (C=O) groups excluding carboxylic acids is 1. The van der Waals surface area contributed by atoms with Crippen molar-refractivity contribution >= 4 is 35.2 Å². The van der Waals surface area contributed by atoms with E-state index in [2.05, 4.69) is 5.32 Å². The minimum absolute atomic E-state index is 0.0183. The van der Waals surface area contributed by atoms with Crippen molar-refractivity contribution in [2.45, 2.75) is 6.04 Å². The number of nitrogens with one attached hydrogen (secondary N) is 1. The minimum Gasteiger partial charge on any atom is -0.340 e. The van der Waals surface area contributed by atoms with Gasteiger partial charge in [0.2, 0.25) is 0 Å². The van der Waals surface area contributed by atoms with Crippen LogP contribution >= 0.6 is 23.2 Å². The third-order valence-electron chi connectivity index (χ3n) is 4.16. The summed E-state index contributed by atoms with van der Waals surface area (Å²) in [6, 6.07) is 25.7. The summed E-state index contributed by atoms with van der Waals surface area (Å²) in [6.07, 6.45) is 1.49. The lowest BCUT2D eigenvalue weighted by atomic mass is 9.98. The standard InChI is InChI=1S/C23H16Cl2N2O/c24-20-12-11-16(14-21(20)25)13-19(15-26)23(28)27-22(17-7-3-1-4-8-17)18-9-5-2-6-10-18/h1-14,22H,(H,27,28). The summed E-state index contributed by atoms with van der Waals surface area (Å²) in [5, 5.41) is 13.2. The molecule has 0 aliphatic heterocycles. The first-order valence-electron chi connectivity index (χ1n) is 8.56. The summed E-state index contributed by atoms with van der Waals surface area (Å²) in [6.45, 7) is 0. The lowest BCUT2D eigenvalue weighted by Gasteiger charge is -2.19. The van der Waals surface area contributed by atoms with Crippen molar-refractivity contribution in [3.63, 3.8) is 0 Å². The van der Waals surface area contributed by atoms with E-state index in [0.29, 0.717) is 15.6 Å². The highest BCUT2D eigenvalue weighted by atomic mass is 35.5. The molecule has 1 N–H and O–H groups in total. The molecule has 0 saturated carbocycles. The molecule has 28 heavy (non-hydrogen) atoms. The highest BCUT2D eigenvalue weighted by Crippen LogP contribution is 2.25. The van der Waals surface area contributed by atoms with E-state index in [1.165, 1.54) is 6.08 Å². The fourth-order valence-corrected chi connectivity index (χ4v) is 3.08. The first-order valence-corrected chi connectivity index (χ1v) is 9.31. The number of benzene rings is 3. The second kappa shape index (κ2) is 9.23. The van der Waals surface area contributed by atoms with Crippen LogP contribution in [0.3, 0.4) is 0 Å². The molecule has 0 radical (unpaired) electrons. The van der Waals surface area contributed by atoms with Crippen LogP contribution in [0.4, 0.5) is 0 Å². The van der Waals surface area contributed by atoms with Gasteiger partial charge < -0.3 is 5.32 Å². The highest BCUT2D eigenvalue weighted by Gasteiger charge is 2.19. The molecule has 0 bridgehead atoms. The zero-order valence-corrected chi connectivity index (χ0v) is 16.3. The van der Waals surface area contributed by atoms with Gasteiger partial charge in [0.15, 0.2) is 0 Å². The highest BCUT2D eigenvalue weighted by molar-refractivity contribution is 6.42. The van der Waals surface area contributed by atoms with E-state index < -0.39 is 5.91 Å². The normalized spacial score (nSPS) is 11.1. The van der Waals surface area contributed by atoms with Crippen LogP contribution in [-0.4, -0.2) is 5.91 Å². The van der Waals surface area contributed by atoms with Crippen molar-refractivity contribution < 1.29 is 4.79 Å². The summed E-state index contributed by atoms with van der Waals surface area (Å²) in [5.41, 5.74) is 2.45. The Kier molecular flexibility index (Phi) is 6.49. The molecule has 0 spiro atoms. The Labute approximate surface area is 173 Å². The summed E-state index contributed by atoms with van der Waals surface area (Å²) in [7, 11) is 0. The molecule has 0 atom stereocenters. The Morgan fingerprint density at radius 3 is 1.96 bits per heavy atom. The van der Waals surface area contributed by atoms with Crippen LogP contribution in [0.15, 0.2) is 84.4 Å². The predicted octanol–water partition coefficient (Wildman–Crippen LogP) is 5.81. The zero-order valence-electron chi connectivity index (χ0n) is 14.8. The fraction of sp³-hybridized carbons (Fsp3) is 0.0435. The van der Waals surface area contributed by atoms with Crippen molar-refractivity contribution in [2.24, 2.45) is 0 Å². The van der Waals surface area contributed by atoms with Gasteiger partial charge in [-0.2, -0.15) is 5.26 Å². The molecule has 0 fully saturated rings. The van der Waals surface area contributed by atoms with Gasteiger partial charge in [-0.25, -0.2) is 0 Å². The SMILES string of the molecule is N#CC(=Cc1ccc(Cl)c(Cl)c1)C(=O)NC(c1ccccc1)c1ccccc1. The number of hydrogen-bond acceptors (Lipinski definition) is 2. The molecular formula is C23H16Cl2N2O. The predicted molar refractivity (Wildman–Crippen MR) is 113 cm³/mol. The van der Waals surface area contributed by atoms with Crippen LogP contribution in [0.5, 0.6) is 0 Å².